The van der Waals surface area contributed by atoms with Gasteiger partial charge < -0.3 is 14.7 Å². The first-order valence-electron chi connectivity index (χ1n) is 3.51. The van der Waals surface area contributed by atoms with Crippen molar-refractivity contribution in [2.45, 2.75) is 12.5 Å². The third kappa shape index (κ3) is 10.2. The number of nitrogens with zero attached hydrogens (tertiary/aromatic N) is 1. The van der Waals surface area contributed by atoms with E-state index in [0.29, 0.717) is 11.0 Å². The smallest absolute Gasteiger partial charge is 0.481 e. The molecular weight excluding hydrogens is 170 g/mol. The molecule has 5 heteroatoms. The van der Waals surface area contributed by atoms with E-state index in [1.54, 1.807) is 0 Å². The summed E-state index contributed by atoms with van der Waals surface area (Å²) in [5.74, 6) is -0.953. The van der Waals surface area contributed by atoms with Crippen molar-refractivity contribution in [3.8, 4) is 0 Å². The fraction of sp³-hybridized carbons (Fsp3) is 0.857. The van der Waals surface area contributed by atoms with Crippen molar-refractivity contribution in [1.82, 2.24) is 0 Å². The molecule has 66 valence electrons. The van der Waals surface area contributed by atoms with E-state index in [4.69, 9.17) is 10.2 Å². The van der Waals surface area contributed by atoms with Gasteiger partial charge in [0, 0.05) is 0 Å². The van der Waals surface area contributed by atoms with E-state index in [1.807, 2.05) is 21.1 Å². The molecule has 0 fully saturated rings. The minimum absolute atomic E-state index is 0. The van der Waals surface area contributed by atoms with Gasteiger partial charge in [-0.05, 0) is 0 Å². The van der Waals surface area contributed by atoms with Crippen LogP contribution in [0.25, 0.3) is 0 Å². The van der Waals surface area contributed by atoms with Crippen LogP contribution in [0.2, 0.25) is 0 Å². The van der Waals surface area contributed by atoms with E-state index in [-0.39, 0.29) is 29.5 Å². The molecular formula is C7H16MgNO3+3. The second-order valence-electron chi connectivity index (χ2n) is 3.72. The maximum atomic E-state index is 10.1. The molecule has 0 spiro atoms. The monoisotopic (exact) mass is 186 g/mol. The van der Waals surface area contributed by atoms with Crippen molar-refractivity contribution < 1.29 is 19.5 Å². The van der Waals surface area contributed by atoms with E-state index in [2.05, 4.69) is 0 Å². The summed E-state index contributed by atoms with van der Waals surface area (Å²) >= 11 is 0. The van der Waals surface area contributed by atoms with Crippen LogP contribution >= 0.6 is 0 Å². The van der Waals surface area contributed by atoms with Crippen molar-refractivity contribution in [3.05, 3.63) is 0 Å². The van der Waals surface area contributed by atoms with Crippen LogP contribution < -0.4 is 0 Å². The van der Waals surface area contributed by atoms with Gasteiger partial charge in [-0.3, -0.25) is 4.79 Å². The van der Waals surface area contributed by atoms with Crippen LogP contribution in [-0.2, 0) is 4.79 Å². The van der Waals surface area contributed by atoms with E-state index in [1.165, 1.54) is 0 Å². The molecule has 0 rings (SSSR count). The molecule has 0 bridgehead atoms. The van der Waals surface area contributed by atoms with Crippen molar-refractivity contribution in [3.63, 3.8) is 0 Å². The molecule has 0 aliphatic rings. The van der Waals surface area contributed by atoms with Gasteiger partial charge in [-0.25, -0.2) is 0 Å². The summed E-state index contributed by atoms with van der Waals surface area (Å²) in [5.41, 5.74) is 0. The Kier molecular flexibility index (Phi) is 7.02. The number of aliphatic hydroxyl groups excluding tert-OH is 1. The first kappa shape index (κ1) is 14.7. The maximum Gasteiger partial charge on any atom is 2.00 e. The molecule has 0 aromatic carbocycles. The quantitative estimate of drug-likeness (QED) is 0.444. The normalized spacial score (nSPS) is 13.3. The Bertz CT molecular complexity index is 144. The molecule has 12 heavy (non-hydrogen) atoms. The van der Waals surface area contributed by atoms with Crippen LogP contribution in [-0.4, -0.2) is 77.5 Å². The predicted molar refractivity (Wildman–Crippen MR) is 46.9 cm³/mol. The Morgan fingerprint density at radius 3 is 2.08 bits per heavy atom. The number of carboxylic acids is 1. The van der Waals surface area contributed by atoms with Crippen LogP contribution in [0.15, 0.2) is 0 Å². The molecule has 0 heterocycles. The van der Waals surface area contributed by atoms with Crippen LogP contribution in [0.1, 0.15) is 6.42 Å². The molecule has 0 aliphatic heterocycles. The fourth-order valence-electron chi connectivity index (χ4n) is 0.898. The van der Waals surface area contributed by atoms with Crippen molar-refractivity contribution in [2.75, 3.05) is 27.7 Å². The SMILES string of the molecule is C[N+](C)(C)CC(O)CC(=O)O.[Mg+2]. The van der Waals surface area contributed by atoms with Gasteiger partial charge in [-0.1, -0.05) is 0 Å². The largest absolute Gasteiger partial charge is 2.00 e. The zero-order chi connectivity index (χ0) is 9.07. The third-order valence-electron chi connectivity index (χ3n) is 1.17. The average Bonchev–Trinajstić information content (AvgIpc) is 1.53. The Morgan fingerprint density at radius 1 is 1.42 bits per heavy atom. The van der Waals surface area contributed by atoms with E-state index >= 15 is 0 Å². The zero-order valence-electron chi connectivity index (χ0n) is 7.95. The van der Waals surface area contributed by atoms with E-state index < -0.39 is 12.1 Å². The number of aliphatic hydroxyl groups is 1. The molecule has 0 aromatic rings. The molecule has 2 N–H and O–H groups in total. The van der Waals surface area contributed by atoms with Crippen LogP contribution in [0.4, 0.5) is 0 Å². The molecule has 1 atom stereocenters. The van der Waals surface area contributed by atoms with Crippen LogP contribution in [0, 0.1) is 0 Å². The number of rotatable bonds is 4. The van der Waals surface area contributed by atoms with Crippen molar-refractivity contribution in [1.29, 1.82) is 0 Å². The first-order chi connectivity index (χ1) is 4.81. The Morgan fingerprint density at radius 2 is 1.83 bits per heavy atom. The first-order valence-corrected chi connectivity index (χ1v) is 3.51. The van der Waals surface area contributed by atoms with E-state index in [0.717, 1.165) is 0 Å². The van der Waals surface area contributed by atoms with E-state index in [9.17, 15) is 4.79 Å². The van der Waals surface area contributed by atoms with Gasteiger partial charge in [0.1, 0.15) is 12.6 Å². The Labute approximate surface area is 88.9 Å². The minimum Gasteiger partial charge on any atom is -0.481 e. The van der Waals surface area contributed by atoms with Crippen molar-refractivity contribution in [2.24, 2.45) is 0 Å². The molecule has 0 amide bonds. The molecule has 4 nitrogen and oxygen atoms in total. The predicted octanol–water partition coefficient (Wildman–Crippen LogP) is -0.853. The number of hydrogen-bond acceptors (Lipinski definition) is 2. The minimum atomic E-state index is -0.953. The Hall–Kier alpha value is 0.156. The molecule has 0 saturated carbocycles. The molecule has 0 radical (unpaired) electrons. The number of quaternary nitrogens is 1. The van der Waals surface area contributed by atoms with Gasteiger partial charge in [0.2, 0.25) is 0 Å². The molecule has 0 saturated heterocycles. The molecule has 1 unspecified atom stereocenters. The van der Waals surface area contributed by atoms with Gasteiger partial charge in [0.15, 0.2) is 0 Å². The topological polar surface area (TPSA) is 57.5 Å². The standard InChI is InChI=1S/C7H15NO3.Mg/c1-8(2,3)5-6(9)4-7(10)11;/h6,9H,4-5H2,1-3H3;/q;+2/p+1. The number of carboxylic acid groups (broad SMARTS) is 1. The summed E-state index contributed by atoms with van der Waals surface area (Å²) in [4.78, 5) is 10.1. The fourth-order valence-corrected chi connectivity index (χ4v) is 0.898. The second-order valence-corrected chi connectivity index (χ2v) is 3.72. The van der Waals surface area contributed by atoms with Gasteiger partial charge in [0.05, 0.1) is 27.6 Å². The number of carbonyl (C=O) groups is 1. The number of hydrogen-bond donors (Lipinski definition) is 2. The van der Waals surface area contributed by atoms with Gasteiger partial charge >= 0.3 is 29.0 Å². The summed E-state index contributed by atoms with van der Waals surface area (Å²) in [6.45, 7) is 0.465. The number of aliphatic carboxylic acids is 1. The maximum absolute atomic E-state index is 10.1. The van der Waals surface area contributed by atoms with Crippen molar-refractivity contribution >= 4 is 29.0 Å². The summed E-state index contributed by atoms with van der Waals surface area (Å²) < 4.78 is 0.578. The second kappa shape index (κ2) is 5.74. The zero-order valence-corrected chi connectivity index (χ0v) is 9.36. The third-order valence-corrected chi connectivity index (χ3v) is 1.17. The molecule has 0 aliphatic carbocycles. The van der Waals surface area contributed by atoms with Crippen LogP contribution in [0.3, 0.4) is 0 Å². The Balaban J connectivity index is 0. The van der Waals surface area contributed by atoms with Gasteiger partial charge in [-0.15, -0.1) is 0 Å². The summed E-state index contributed by atoms with van der Waals surface area (Å²) in [5, 5.41) is 17.5. The van der Waals surface area contributed by atoms with Crippen LogP contribution in [0.5, 0.6) is 0 Å². The molecule has 0 aromatic heterocycles. The number of likely N-dealkylation sites (N-methyl/N-ethyl adjacent to an activating group) is 1. The van der Waals surface area contributed by atoms with Gasteiger partial charge in [-0.2, -0.15) is 0 Å². The summed E-state index contributed by atoms with van der Waals surface area (Å²) in [7, 11) is 5.72. The summed E-state index contributed by atoms with van der Waals surface area (Å²) in [6, 6.07) is 0. The average molecular weight is 187 g/mol. The summed E-state index contributed by atoms with van der Waals surface area (Å²) in [6.07, 6.45) is -0.914. The van der Waals surface area contributed by atoms with Gasteiger partial charge in [0.25, 0.3) is 0 Å².